The van der Waals surface area contributed by atoms with Gasteiger partial charge in [-0.3, -0.25) is 0 Å². The van der Waals surface area contributed by atoms with Gasteiger partial charge in [0.1, 0.15) is 0 Å². The summed E-state index contributed by atoms with van der Waals surface area (Å²) in [6.07, 6.45) is 0. The molecule has 8 heavy (non-hydrogen) atoms. The fraction of sp³-hybridized carbons (Fsp3) is 0. The van der Waals surface area contributed by atoms with Crippen LogP contribution < -0.4 is 102 Å². The van der Waals surface area contributed by atoms with Gasteiger partial charge < -0.3 is 102 Å². The van der Waals surface area contributed by atoms with Gasteiger partial charge in [0.15, 0.2) is 0 Å². The van der Waals surface area contributed by atoms with Gasteiger partial charge >= 0.3 is 77.3 Å². The van der Waals surface area contributed by atoms with Crippen molar-refractivity contribution in [3.63, 3.8) is 0 Å². The zero-order chi connectivity index (χ0) is 0. The molecule has 0 aliphatic rings. The molecule has 0 aliphatic heterocycles. The Morgan fingerprint density at radius 2 is 0.375 bits per heavy atom. The van der Waals surface area contributed by atoms with E-state index < -0.39 is 0 Å². The molecular formula is Br6CeLa. The minimum Gasteiger partial charge on any atom is -1.00 e. The molecule has 0 bridgehead atoms. The minimum absolute atomic E-state index is 0. The topological polar surface area (TPSA) is 0 Å². The first-order valence-electron chi connectivity index (χ1n) is 0. The van der Waals surface area contributed by atoms with Crippen LogP contribution in [-0.4, -0.2) is 0 Å². The van der Waals surface area contributed by atoms with Crippen LogP contribution in [0.5, 0.6) is 0 Å². The molecule has 0 unspecified atom stereocenters. The van der Waals surface area contributed by atoms with Crippen molar-refractivity contribution in [3.8, 4) is 0 Å². The molecule has 0 amide bonds. The summed E-state index contributed by atoms with van der Waals surface area (Å²) in [5, 5.41) is 0. The Morgan fingerprint density at radius 3 is 0.375 bits per heavy atom. The zero-order valence-corrected chi connectivity index (χ0v) is 19.6. The third kappa shape index (κ3) is 42.1. The van der Waals surface area contributed by atoms with E-state index in [0.29, 0.717) is 0 Å². The van der Waals surface area contributed by atoms with E-state index in [-0.39, 0.29) is 179 Å². The Kier molecular flexibility index (Phi) is 482. The largest absolute Gasteiger partial charge is 3.00 e. The summed E-state index contributed by atoms with van der Waals surface area (Å²) in [7, 11) is 0. The van der Waals surface area contributed by atoms with Crippen LogP contribution in [0.25, 0.3) is 0 Å². The van der Waals surface area contributed by atoms with Crippen molar-refractivity contribution < 1.29 is 179 Å². The first-order chi connectivity index (χ1) is 0. The maximum absolute atomic E-state index is 0. The average Bonchev–Trinajstić information content (AvgIpc) is 0. The predicted octanol–water partition coefficient (Wildman–Crippen LogP) is -18.0. The van der Waals surface area contributed by atoms with Gasteiger partial charge in [0, 0.05) is 0 Å². The van der Waals surface area contributed by atoms with E-state index >= 15 is 0 Å². The van der Waals surface area contributed by atoms with Gasteiger partial charge in [0.2, 0.25) is 0 Å². The number of hydrogen-bond donors (Lipinski definition) is 0. The van der Waals surface area contributed by atoms with Crippen molar-refractivity contribution in [1.82, 2.24) is 0 Å². The molecule has 0 aromatic heterocycles. The normalized spacial score (nSPS) is 0. The maximum Gasteiger partial charge on any atom is 3.00 e. The number of halogens is 6. The fourth-order valence-electron chi connectivity index (χ4n) is 0. The molecule has 0 rings (SSSR count). The van der Waals surface area contributed by atoms with E-state index in [0.717, 1.165) is 0 Å². The number of hydrogen-bond acceptors (Lipinski definition) is 0. The first-order valence-corrected chi connectivity index (χ1v) is 0. The summed E-state index contributed by atoms with van der Waals surface area (Å²) in [6.45, 7) is 0. The Morgan fingerprint density at radius 1 is 0.375 bits per heavy atom. The second kappa shape index (κ2) is 54.9. The Hall–Kier alpha value is 5.45. The maximum atomic E-state index is 0. The average molecular weight is 758 g/mol. The third-order valence-electron chi connectivity index (χ3n) is 0. The van der Waals surface area contributed by atoms with Gasteiger partial charge in [-0.25, -0.2) is 0 Å². The summed E-state index contributed by atoms with van der Waals surface area (Å²) >= 11 is 0. The van der Waals surface area contributed by atoms with E-state index in [9.17, 15) is 0 Å². The van der Waals surface area contributed by atoms with Gasteiger partial charge in [0.05, 0.1) is 0 Å². The van der Waals surface area contributed by atoms with Gasteiger partial charge in [-0.15, -0.1) is 0 Å². The van der Waals surface area contributed by atoms with Gasteiger partial charge in [0.25, 0.3) is 0 Å². The predicted molar refractivity (Wildman–Crippen MR) is 0 cm³/mol. The summed E-state index contributed by atoms with van der Waals surface area (Å²) in [6, 6.07) is 0. The third-order valence-corrected chi connectivity index (χ3v) is 0. The molecule has 1 radical (unpaired) electrons. The molecule has 0 atom stereocenters. The van der Waals surface area contributed by atoms with Gasteiger partial charge in [-0.1, -0.05) is 0 Å². The van der Waals surface area contributed by atoms with Gasteiger partial charge in [-0.2, -0.15) is 0 Å². The minimum atomic E-state index is 0. The van der Waals surface area contributed by atoms with E-state index in [2.05, 4.69) is 0 Å². The van der Waals surface area contributed by atoms with Crippen LogP contribution >= 0.6 is 0 Å². The molecule has 0 saturated heterocycles. The Balaban J connectivity index is 0. The van der Waals surface area contributed by atoms with E-state index in [1.807, 2.05) is 0 Å². The molecule has 8 heteroatoms. The standard InChI is InChI=1S/6BrH.Ce.La/h6*1H;;/q;;;;;;2*+3/p-6. The summed E-state index contributed by atoms with van der Waals surface area (Å²) in [5.74, 6) is 0. The second-order valence-corrected chi connectivity index (χ2v) is 0. The van der Waals surface area contributed by atoms with Crippen LogP contribution in [0, 0.1) is 77.3 Å². The number of rotatable bonds is 0. The molecule has 0 aromatic carbocycles. The summed E-state index contributed by atoms with van der Waals surface area (Å²) in [4.78, 5) is 0. The monoisotopic (exact) mass is 752 g/mol. The molecule has 0 nitrogen and oxygen atoms in total. The molecule has 0 aliphatic carbocycles. The van der Waals surface area contributed by atoms with E-state index in [1.54, 1.807) is 0 Å². The van der Waals surface area contributed by atoms with Crippen LogP contribution in [0.3, 0.4) is 0 Å². The van der Waals surface area contributed by atoms with E-state index in [1.165, 1.54) is 0 Å². The molecule has 0 N–H and O–H groups in total. The van der Waals surface area contributed by atoms with Crippen molar-refractivity contribution in [2.45, 2.75) is 0 Å². The SMILES string of the molecule is [Br-].[Br-].[Br-].[Br-].[Br-].[Br-].[Ce+3].[La+3]. The fourth-order valence-corrected chi connectivity index (χ4v) is 0. The molecule has 49 valence electrons. The Labute approximate surface area is 174 Å². The molecule has 0 fully saturated rings. The Bertz CT molecular complexity index is 8.49. The smallest absolute Gasteiger partial charge is 1.00 e. The van der Waals surface area contributed by atoms with E-state index in [4.69, 9.17) is 0 Å². The van der Waals surface area contributed by atoms with Crippen LogP contribution in [0.4, 0.5) is 0 Å². The molecule has 0 heterocycles. The van der Waals surface area contributed by atoms with Crippen molar-refractivity contribution in [2.24, 2.45) is 0 Å². The van der Waals surface area contributed by atoms with Crippen LogP contribution in [0.2, 0.25) is 0 Å². The van der Waals surface area contributed by atoms with Crippen molar-refractivity contribution in [1.29, 1.82) is 0 Å². The van der Waals surface area contributed by atoms with Crippen molar-refractivity contribution in [3.05, 3.63) is 0 Å². The zero-order valence-electron chi connectivity index (χ0n) is 3.35. The van der Waals surface area contributed by atoms with Crippen molar-refractivity contribution >= 4 is 0 Å². The second-order valence-electron chi connectivity index (χ2n) is 0. The molecular weight excluding hydrogens is 758 g/mol. The van der Waals surface area contributed by atoms with Gasteiger partial charge in [-0.05, 0) is 0 Å². The molecule has 0 aromatic rings. The van der Waals surface area contributed by atoms with Crippen LogP contribution in [0.1, 0.15) is 0 Å². The molecule has 0 spiro atoms. The quantitative estimate of drug-likeness (QED) is 0.231. The first kappa shape index (κ1) is 70.2. The summed E-state index contributed by atoms with van der Waals surface area (Å²) < 4.78 is 0. The van der Waals surface area contributed by atoms with Crippen LogP contribution in [0.15, 0.2) is 0 Å². The molecule has 0 saturated carbocycles. The summed E-state index contributed by atoms with van der Waals surface area (Å²) in [5.41, 5.74) is 0. The van der Waals surface area contributed by atoms with Crippen LogP contribution in [-0.2, 0) is 0 Å². The van der Waals surface area contributed by atoms with Crippen molar-refractivity contribution in [2.75, 3.05) is 0 Å².